The standard InChI is InChI=1S/C10H19N3S/c1-8-12-5-9(14-8)6-13(4)7-10(2,3)11/h5H,6-7,11H2,1-4H3. The minimum absolute atomic E-state index is 0.130. The maximum atomic E-state index is 5.94. The molecule has 0 aromatic carbocycles. The number of nitrogens with zero attached hydrogens (tertiary/aromatic N) is 2. The second-order valence-corrected chi connectivity index (χ2v) is 5.83. The van der Waals surface area contributed by atoms with E-state index in [1.165, 1.54) is 4.88 Å². The number of thiazole rings is 1. The van der Waals surface area contributed by atoms with Gasteiger partial charge in [-0.3, -0.25) is 4.90 Å². The van der Waals surface area contributed by atoms with Crippen LogP contribution >= 0.6 is 11.3 Å². The van der Waals surface area contributed by atoms with Crippen molar-refractivity contribution in [3.8, 4) is 0 Å². The fourth-order valence-corrected chi connectivity index (χ4v) is 2.37. The summed E-state index contributed by atoms with van der Waals surface area (Å²) in [5.74, 6) is 0. The summed E-state index contributed by atoms with van der Waals surface area (Å²) in [6.45, 7) is 7.94. The molecule has 0 fully saturated rings. The molecular weight excluding hydrogens is 194 g/mol. The number of nitrogens with two attached hydrogens (primary N) is 1. The number of aryl methyl sites for hydroxylation is 1. The highest BCUT2D eigenvalue weighted by atomic mass is 32.1. The monoisotopic (exact) mass is 213 g/mol. The van der Waals surface area contributed by atoms with Gasteiger partial charge in [0.25, 0.3) is 0 Å². The number of rotatable bonds is 4. The van der Waals surface area contributed by atoms with Crippen molar-refractivity contribution in [2.75, 3.05) is 13.6 Å². The summed E-state index contributed by atoms with van der Waals surface area (Å²) >= 11 is 1.75. The van der Waals surface area contributed by atoms with Crippen LogP contribution in [0.4, 0.5) is 0 Å². The van der Waals surface area contributed by atoms with Crippen molar-refractivity contribution >= 4 is 11.3 Å². The molecular formula is C10H19N3S. The summed E-state index contributed by atoms with van der Waals surface area (Å²) < 4.78 is 0. The van der Waals surface area contributed by atoms with Gasteiger partial charge in [-0.1, -0.05) is 0 Å². The van der Waals surface area contributed by atoms with E-state index in [-0.39, 0.29) is 5.54 Å². The normalized spacial score (nSPS) is 12.4. The van der Waals surface area contributed by atoms with Gasteiger partial charge in [0.05, 0.1) is 5.01 Å². The molecule has 0 unspecified atom stereocenters. The zero-order valence-corrected chi connectivity index (χ0v) is 10.2. The predicted octanol–water partition coefficient (Wildman–Crippen LogP) is 1.62. The minimum atomic E-state index is -0.130. The first-order valence-electron chi connectivity index (χ1n) is 4.75. The molecule has 0 saturated carbocycles. The van der Waals surface area contributed by atoms with Gasteiger partial charge in [0.2, 0.25) is 0 Å². The zero-order valence-electron chi connectivity index (χ0n) is 9.37. The maximum absolute atomic E-state index is 5.94. The van der Waals surface area contributed by atoms with Crippen LogP contribution in [0.25, 0.3) is 0 Å². The second-order valence-electron chi connectivity index (χ2n) is 4.51. The van der Waals surface area contributed by atoms with Crippen LogP contribution in [0.5, 0.6) is 0 Å². The lowest BCUT2D eigenvalue weighted by Crippen LogP contribution is -2.43. The Balaban J connectivity index is 2.45. The van der Waals surface area contributed by atoms with E-state index in [2.05, 4.69) is 16.9 Å². The van der Waals surface area contributed by atoms with Crippen molar-refractivity contribution in [3.05, 3.63) is 16.1 Å². The molecule has 1 rings (SSSR count). The number of aromatic nitrogens is 1. The molecule has 0 radical (unpaired) electrons. The van der Waals surface area contributed by atoms with E-state index >= 15 is 0 Å². The second kappa shape index (κ2) is 4.38. The molecule has 4 heteroatoms. The van der Waals surface area contributed by atoms with Crippen LogP contribution in [-0.4, -0.2) is 29.0 Å². The Hall–Kier alpha value is -0.450. The Labute approximate surface area is 89.9 Å². The highest BCUT2D eigenvalue weighted by Crippen LogP contribution is 2.14. The smallest absolute Gasteiger partial charge is 0.0897 e. The largest absolute Gasteiger partial charge is 0.324 e. The molecule has 0 atom stereocenters. The Morgan fingerprint density at radius 2 is 2.21 bits per heavy atom. The highest BCUT2D eigenvalue weighted by Gasteiger charge is 2.14. The predicted molar refractivity (Wildman–Crippen MR) is 61.5 cm³/mol. The Bertz CT molecular complexity index is 288. The van der Waals surface area contributed by atoms with Gasteiger partial charge in [0.1, 0.15) is 0 Å². The molecule has 0 aliphatic carbocycles. The summed E-state index contributed by atoms with van der Waals surface area (Å²) in [7, 11) is 2.09. The van der Waals surface area contributed by atoms with Crippen molar-refractivity contribution in [1.29, 1.82) is 0 Å². The van der Waals surface area contributed by atoms with Gasteiger partial charge in [-0.25, -0.2) is 4.98 Å². The molecule has 0 aliphatic heterocycles. The number of likely N-dealkylation sites (N-methyl/N-ethyl adjacent to an activating group) is 1. The summed E-state index contributed by atoms with van der Waals surface area (Å²) in [5, 5.41) is 1.13. The van der Waals surface area contributed by atoms with Crippen molar-refractivity contribution in [1.82, 2.24) is 9.88 Å². The molecule has 3 nitrogen and oxygen atoms in total. The fraction of sp³-hybridized carbons (Fsp3) is 0.700. The average Bonchev–Trinajstić information content (AvgIpc) is 2.30. The molecule has 80 valence electrons. The summed E-state index contributed by atoms with van der Waals surface area (Å²) in [4.78, 5) is 7.76. The van der Waals surface area contributed by atoms with E-state index in [1.807, 2.05) is 27.0 Å². The third-order valence-electron chi connectivity index (χ3n) is 1.77. The van der Waals surface area contributed by atoms with E-state index in [0.29, 0.717) is 0 Å². The fourth-order valence-electron chi connectivity index (χ4n) is 1.50. The van der Waals surface area contributed by atoms with Crippen LogP contribution in [0.2, 0.25) is 0 Å². The van der Waals surface area contributed by atoms with Crippen LogP contribution in [0.15, 0.2) is 6.20 Å². The van der Waals surface area contributed by atoms with E-state index in [9.17, 15) is 0 Å². The molecule has 1 aromatic heterocycles. The first-order valence-corrected chi connectivity index (χ1v) is 5.57. The van der Waals surface area contributed by atoms with Crippen LogP contribution < -0.4 is 5.73 Å². The van der Waals surface area contributed by atoms with Gasteiger partial charge >= 0.3 is 0 Å². The Morgan fingerprint density at radius 1 is 1.57 bits per heavy atom. The lowest BCUT2D eigenvalue weighted by Gasteiger charge is -2.25. The molecule has 0 spiro atoms. The van der Waals surface area contributed by atoms with Gasteiger partial charge < -0.3 is 5.73 Å². The van der Waals surface area contributed by atoms with Crippen LogP contribution in [-0.2, 0) is 6.54 Å². The van der Waals surface area contributed by atoms with Gasteiger partial charge in [0, 0.05) is 29.7 Å². The minimum Gasteiger partial charge on any atom is -0.324 e. The van der Waals surface area contributed by atoms with Crippen molar-refractivity contribution in [3.63, 3.8) is 0 Å². The van der Waals surface area contributed by atoms with Crippen LogP contribution in [0, 0.1) is 6.92 Å². The number of hydrogen-bond donors (Lipinski definition) is 1. The number of hydrogen-bond acceptors (Lipinski definition) is 4. The third kappa shape index (κ3) is 4.17. The van der Waals surface area contributed by atoms with Crippen molar-refractivity contribution in [2.45, 2.75) is 32.9 Å². The van der Waals surface area contributed by atoms with Gasteiger partial charge in [-0.2, -0.15) is 0 Å². The zero-order chi connectivity index (χ0) is 10.8. The molecule has 2 N–H and O–H groups in total. The van der Waals surface area contributed by atoms with E-state index < -0.39 is 0 Å². The van der Waals surface area contributed by atoms with E-state index in [0.717, 1.165) is 18.1 Å². The summed E-state index contributed by atoms with van der Waals surface area (Å²) in [6, 6.07) is 0. The van der Waals surface area contributed by atoms with Crippen molar-refractivity contribution in [2.24, 2.45) is 5.73 Å². The third-order valence-corrected chi connectivity index (χ3v) is 2.67. The Morgan fingerprint density at radius 3 is 2.64 bits per heavy atom. The van der Waals surface area contributed by atoms with E-state index in [4.69, 9.17) is 5.73 Å². The van der Waals surface area contributed by atoms with Gasteiger partial charge in [-0.05, 0) is 27.8 Å². The molecule has 0 bridgehead atoms. The quantitative estimate of drug-likeness (QED) is 0.826. The average molecular weight is 213 g/mol. The summed E-state index contributed by atoms with van der Waals surface area (Å²) in [5.41, 5.74) is 5.81. The van der Waals surface area contributed by atoms with Crippen molar-refractivity contribution < 1.29 is 0 Å². The topological polar surface area (TPSA) is 42.2 Å². The SMILES string of the molecule is Cc1ncc(CN(C)CC(C)(C)N)s1. The van der Waals surface area contributed by atoms with Crippen LogP contribution in [0.1, 0.15) is 23.7 Å². The molecule has 0 saturated heterocycles. The molecule has 1 aromatic rings. The lowest BCUT2D eigenvalue weighted by molar-refractivity contribution is 0.265. The molecule has 14 heavy (non-hydrogen) atoms. The van der Waals surface area contributed by atoms with Gasteiger partial charge in [0.15, 0.2) is 0 Å². The lowest BCUT2D eigenvalue weighted by atomic mass is 10.1. The summed E-state index contributed by atoms with van der Waals surface area (Å²) in [6.07, 6.45) is 1.94. The molecule has 0 aliphatic rings. The molecule has 1 heterocycles. The van der Waals surface area contributed by atoms with Crippen LogP contribution in [0.3, 0.4) is 0 Å². The first-order chi connectivity index (χ1) is 6.37. The van der Waals surface area contributed by atoms with E-state index in [1.54, 1.807) is 11.3 Å². The van der Waals surface area contributed by atoms with Gasteiger partial charge in [-0.15, -0.1) is 11.3 Å². The highest BCUT2D eigenvalue weighted by molar-refractivity contribution is 7.11. The Kier molecular flexibility index (Phi) is 3.64. The molecule has 0 amide bonds. The first kappa shape index (κ1) is 11.6. The maximum Gasteiger partial charge on any atom is 0.0897 e.